The molecule has 0 unspecified atom stereocenters. The number of nitrogens with zero attached hydrogens (tertiary/aromatic N) is 5. The van der Waals surface area contributed by atoms with Crippen LogP contribution in [0.4, 0.5) is 22.1 Å². The maximum atomic E-state index is 12.3. The van der Waals surface area contributed by atoms with Crippen molar-refractivity contribution in [2.45, 2.75) is 6.92 Å². The predicted octanol–water partition coefficient (Wildman–Crippen LogP) is 2.18. The van der Waals surface area contributed by atoms with Gasteiger partial charge in [0.25, 0.3) is 5.91 Å². The van der Waals surface area contributed by atoms with Crippen molar-refractivity contribution in [3.05, 3.63) is 50.7 Å². The average molecular weight is 494 g/mol. The Morgan fingerprint density at radius 2 is 1.87 bits per heavy atom. The van der Waals surface area contributed by atoms with Crippen LogP contribution in [0.1, 0.15) is 17.3 Å². The van der Waals surface area contributed by atoms with Crippen molar-refractivity contribution in [1.82, 2.24) is 20.3 Å². The molecule has 2 aromatic rings. The maximum Gasteiger partial charge on any atom is 0.409 e. The lowest BCUT2D eigenvalue weighted by molar-refractivity contribution is -0.383. The first kappa shape index (κ1) is 22.2. The number of hydrazine groups is 1. The summed E-state index contributed by atoms with van der Waals surface area (Å²) in [6.45, 7) is 3.34. The van der Waals surface area contributed by atoms with Crippen molar-refractivity contribution in [2.24, 2.45) is 0 Å². The predicted molar refractivity (Wildman–Crippen MR) is 115 cm³/mol. The smallest absolute Gasteiger partial charge is 0.409 e. The Balaban J connectivity index is 1.72. The molecule has 1 fully saturated rings. The van der Waals surface area contributed by atoms with Crippen LogP contribution in [0.2, 0.25) is 0 Å². The number of hydrogen-bond donors (Lipinski definition) is 2. The van der Waals surface area contributed by atoms with E-state index in [0.717, 1.165) is 4.47 Å². The molecule has 13 heteroatoms. The van der Waals surface area contributed by atoms with Crippen LogP contribution in [0.3, 0.4) is 0 Å². The Bertz CT molecular complexity index is 964. The topological polar surface area (TPSA) is 143 Å². The van der Waals surface area contributed by atoms with Gasteiger partial charge in [-0.2, -0.15) is 0 Å². The van der Waals surface area contributed by atoms with E-state index < -0.39 is 16.9 Å². The maximum absolute atomic E-state index is 12.3. The molecule has 2 N–H and O–H groups in total. The molecule has 1 aliphatic rings. The minimum Gasteiger partial charge on any atom is -0.450 e. The summed E-state index contributed by atoms with van der Waals surface area (Å²) in [5, 5.41) is 11.8. The SMILES string of the molecule is CCOC(=O)N1CCN(c2ncnc(NNC(=O)c3ccc(Br)cc3)c2[N+](=O)[O-])CC1. The lowest BCUT2D eigenvalue weighted by Gasteiger charge is -2.34. The quantitative estimate of drug-likeness (QED) is 0.456. The number of rotatable bonds is 6. The second-order valence-electron chi connectivity index (χ2n) is 6.41. The van der Waals surface area contributed by atoms with Crippen molar-refractivity contribution in [3.63, 3.8) is 0 Å². The van der Waals surface area contributed by atoms with Crippen molar-refractivity contribution >= 4 is 45.3 Å². The molecule has 164 valence electrons. The van der Waals surface area contributed by atoms with Crippen LogP contribution in [0.25, 0.3) is 0 Å². The molecule has 1 aromatic carbocycles. The van der Waals surface area contributed by atoms with Gasteiger partial charge in [-0.1, -0.05) is 15.9 Å². The number of piperazine rings is 1. The molecule has 1 aromatic heterocycles. The first-order valence-corrected chi connectivity index (χ1v) is 10.2. The number of nitro groups is 1. The molecule has 2 heterocycles. The summed E-state index contributed by atoms with van der Waals surface area (Å²) in [6, 6.07) is 6.61. The number of carbonyl (C=O) groups is 2. The number of amides is 2. The summed E-state index contributed by atoms with van der Waals surface area (Å²) >= 11 is 3.29. The highest BCUT2D eigenvalue weighted by Gasteiger charge is 2.30. The van der Waals surface area contributed by atoms with Crippen LogP contribution in [0.5, 0.6) is 0 Å². The number of carbonyl (C=O) groups excluding carboxylic acids is 2. The minimum absolute atomic E-state index is 0.101. The van der Waals surface area contributed by atoms with E-state index >= 15 is 0 Å². The van der Waals surface area contributed by atoms with Crippen LogP contribution in [-0.2, 0) is 4.74 Å². The van der Waals surface area contributed by atoms with Crippen LogP contribution < -0.4 is 15.8 Å². The Labute approximate surface area is 185 Å². The molecule has 0 atom stereocenters. The molecule has 1 aliphatic heterocycles. The summed E-state index contributed by atoms with van der Waals surface area (Å²) in [7, 11) is 0. The second-order valence-corrected chi connectivity index (χ2v) is 7.33. The number of halogens is 1. The van der Waals surface area contributed by atoms with Crippen molar-refractivity contribution in [1.29, 1.82) is 0 Å². The highest BCUT2D eigenvalue weighted by molar-refractivity contribution is 9.10. The standard InChI is InChI=1S/C18H20BrN7O5/c1-2-31-18(28)25-9-7-24(8-10-25)16-14(26(29)30)15(20-11-21-16)22-23-17(27)12-3-5-13(19)6-4-12/h3-6,11H,2,7-10H2,1H3,(H,23,27)(H,20,21,22). The Morgan fingerprint density at radius 1 is 1.19 bits per heavy atom. The van der Waals surface area contributed by atoms with E-state index in [9.17, 15) is 19.7 Å². The van der Waals surface area contributed by atoms with Gasteiger partial charge < -0.3 is 14.5 Å². The largest absolute Gasteiger partial charge is 0.450 e. The lowest BCUT2D eigenvalue weighted by Crippen LogP contribution is -2.49. The van der Waals surface area contributed by atoms with Crippen LogP contribution in [0, 0.1) is 10.1 Å². The number of hydrogen-bond acceptors (Lipinski definition) is 9. The molecule has 0 saturated carbocycles. The molecule has 0 bridgehead atoms. The summed E-state index contributed by atoms with van der Waals surface area (Å²) in [5.74, 6) is -0.526. The van der Waals surface area contributed by atoms with Gasteiger partial charge in [-0.15, -0.1) is 0 Å². The van der Waals surface area contributed by atoms with E-state index in [1.165, 1.54) is 11.2 Å². The highest BCUT2D eigenvalue weighted by atomic mass is 79.9. The normalized spacial score (nSPS) is 13.5. The molecule has 2 amide bonds. The third kappa shape index (κ3) is 5.36. The van der Waals surface area contributed by atoms with Crippen LogP contribution in [-0.4, -0.2) is 64.6 Å². The van der Waals surface area contributed by atoms with E-state index in [2.05, 4.69) is 36.7 Å². The van der Waals surface area contributed by atoms with E-state index in [-0.39, 0.29) is 23.9 Å². The monoisotopic (exact) mass is 493 g/mol. The molecule has 31 heavy (non-hydrogen) atoms. The van der Waals surface area contributed by atoms with Gasteiger partial charge in [-0.25, -0.2) is 14.8 Å². The number of ether oxygens (including phenoxy) is 1. The van der Waals surface area contributed by atoms with Crippen molar-refractivity contribution in [2.75, 3.05) is 43.1 Å². The number of benzene rings is 1. The van der Waals surface area contributed by atoms with Crippen LogP contribution in [0.15, 0.2) is 35.1 Å². The van der Waals surface area contributed by atoms with Gasteiger partial charge in [0.05, 0.1) is 11.5 Å². The van der Waals surface area contributed by atoms with Gasteiger partial charge in [0.2, 0.25) is 11.6 Å². The third-order valence-electron chi connectivity index (χ3n) is 4.49. The number of nitrogens with one attached hydrogen (secondary N) is 2. The molecular weight excluding hydrogens is 474 g/mol. The molecule has 0 radical (unpaired) electrons. The van der Waals surface area contributed by atoms with Crippen molar-refractivity contribution in [3.8, 4) is 0 Å². The van der Waals surface area contributed by atoms with E-state index in [1.807, 2.05) is 0 Å². The summed E-state index contributed by atoms with van der Waals surface area (Å²) in [5.41, 5.74) is 4.92. The van der Waals surface area contributed by atoms with Gasteiger partial charge in [-0.3, -0.25) is 25.8 Å². The summed E-state index contributed by atoms with van der Waals surface area (Å²) in [4.78, 5) is 46.5. The van der Waals surface area contributed by atoms with Gasteiger partial charge in [0.1, 0.15) is 6.33 Å². The highest BCUT2D eigenvalue weighted by Crippen LogP contribution is 2.32. The minimum atomic E-state index is -0.610. The van der Waals surface area contributed by atoms with Gasteiger partial charge in [-0.05, 0) is 31.2 Å². The van der Waals surface area contributed by atoms with Crippen LogP contribution >= 0.6 is 15.9 Å². The van der Waals surface area contributed by atoms with Gasteiger partial charge in [0, 0.05) is 36.2 Å². The summed E-state index contributed by atoms with van der Waals surface area (Å²) in [6.07, 6.45) is 0.756. The van der Waals surface area contributed by atoms with E-state index in [0.29, 0.717) is 31.7 Å². The number of anilines is 2. The Hall–Kier alpha value is -3.48. The molecule has 12 nitrogen and oxygen atoms in total. The van der Waals surface area contributed by atoms with E-state index in [4.69, 9.17) is 4.74 Å². The molecule has 0 aliphatic carbocycles. The summed E-state index contributed by atoms with van der Waals surface area (Å²) < 4.78 is 5.80. The zero-order valence-electron chi connectivity index (χ0n) is 16.6. The second kappa shape index (κ2) is 10.0. The van der Waals surface area contributed by atoms with Gasteiger partial charge >= 0.3 is 11.8 Å². The molecular formula is C18H20BrN7O5. The van der Waals surface area contributed by atoms with Crippen molar-refractivity contribution < 1.29 is 19.2 Å². The Morgan fingerprint density at radius 3 is 2.48 bits per heavy atom. The first-order valence-electron chi connectivity index (χ1n) is 9.38. The van der Waals surface area contributed by atoms with E-state index in [1.54, 1.807) is 36.1 Å². The zero-order valence-corrected chi connectivity index (χ0v) is 18.2. The fraction of sp³-hybridized carbons (Fsp3) is 0.333. The fourth-order valence-corrected chi connectivity index (χ4v) is 3.23. The average Bonchev–Trinajstić information content (AvgIpc) is 2.77. The zero-order chi connectivity index (χ0) is 22.4. The third-order valence-corrected chi connectivity index (χ3v) is 5.02. The first-order chi connectivity index (χ1) is 14.9. The molecule has 1 saturated heterocycles. The fourth-order valence-electron chi connectivity index (χ4n) is 2.97. The lowest BCUT2D eigenvalue weighted by atomic mass is 10.2. The number of aromatic nitrogens is 2. The van der Waals surface area contributed by atoms with Gasteiger partial charge in [0.15, 0.2) is 0 Å². The Kier molecular flexibility index (Phi) is 7.18. The molecule has 3 rings (SSSR count). The molecule has 0 spiro atoms.